The van der Waals surface area contributed by atoms with Gasteiger partial charge in [0.15, 0.2) is 30.6 Å². The summed E-state index contributed by atoms with van der Waals surface area (Å²) in [7, 11) is 0. The monoisotopic (exact) mass is 1160 g/mol. The third kappa shape index (κ3) is 11.3. The predicted octanol–water partition coefficient (Wildman–Crippen LogP) is 3.84. The van der Waals surface area contributed by atoms with Crippen LogP contribution in [0.5, 0.6) is 0 Å². The lowest BCUT2D eigenvalue weighted by atomic mass is 9.33. The first-order valence-corrected chi connectivity index (χ1v) is 29.9. The molecule has 22 nitrogen and oxygen atoms in total. The van der Waals surface area contributed by atoms with E-state index in [0.29, 0.717) is 57.8 Å². The number of allylic oxidation sites excluding steroid dienone is 2. The Balaban J connectivity index is 1.19. The topological polar surface area (TPSA) is 354 Å². The summed E-state index contributed by atoms with van der Waals surface area (Å²) < 4.78 is 25.1. The predicted molar refractivity (Wildman–Crippen MR) is 294 cm³/mol. The van der Waals surface area contributed by atoms with Gasteiger partial charge in [0.1, 0.15) is 54.7 Å². The highest BCUT2D eigenvalue weighted by atomic mass is 16.8. The molecule has 11 N–H and O–H groups in total. The van der Waals surface area contributed by atoms with Gasteiger partial charge in [0.05, 0.1) is 6.10 Å². The molecule has 82 heavy (non-hydrogen) atoms. The number of ketones is 1. The molecule has 25 unspecified atom stereocenters. The lowest BCUT2D eigenvalue weighted by Gasteiger charge is -2.70. The van der Waals surface area contributed by atoms with Crippen molar-refractivity contribution in [3.63, 3.8) is 0 Å². The van der Waals surface area contributed by atoms with Crippen molar-refractivity contribution in [1.82, 2.24) is 16.0 Å². The number of carbonyl (C=O) groups excluding carboxylic acids is 4. The molecule has 3 amide bonds. The van der Waals surface area contributed by atoms with E-state index in [1.54, 1.807) is 27.7 Å². The fourth-order valence-corrected chi connectivity index (χ4v) is 16.2. The molecule has 0 spiro atoms. The molecule has 2 heterocycles. The number of aliphatic carboxylic acids is 3. The van der Waals surface area contributed by atoms with E-state index in [2.05, 4.69) is 43.6 Å². The van der Waals surface area contributed by atoms with Crippen LogP contribution in [0.15, 0.2) is 11.6 Å². The second-order valence-corrected chi connectivity index (χ2v) is 27.7. The van der Waals surface area contributed by atoms with E-state index in [-0.39, 0.29) is 34.9 Å². The molecule has 0 bridgehead atoms. The van der Waals surface area contributed by atoms with E-state index in [0.717, 1.165) is 24.8 Å². The van der Waals surface area contributed by atoms with Crippen molar-refractivity contribution in [2.75, 3.05) is 0 Å². The molecule has 25 atom stereocenters. The zero-order chi connectivity index (χ0) is 61.3. The Morgan fingerprint density at radius 1 is 0.610 bits per heavy atom. The van der Waals surface area contributed by atoms with Crippen LogP contribution >= 0.6 is 0 Å². The van der Waals surface area contributed by atoms with Crippen molar-refractivity contribution < 1.29 is 93.4 Å². The van der Waals surface area contributed by atoms with Crippen LogP contribution in [0.25, 0.3) is 0 Å². The molecular formula is C60H95N3O19. The molecule has 7 aliphatic rings. The van der Waals surface area contributed by atoms with Crippen LogP contribution in [-0.2, 0) is 52.5 Å². The molecule has 464 valence electrons. The second-order valence-electron chi connectivity index (χ2n) is 27.7. The molecule has 7 rings (SSSR count). The van der Waals surface area contributed by atoms with Crippen LogP contribution in [0.2, 0.25) is 0 Å². The van der Waals surface area contributed by atoms with Crippen LogP contribution in [-0.4, -0.2) is 168 Å². The number of carboxylic acid groups (broad SMARTS) is 3. The lowest BCUT2D eigenvalue weighted by molar-refractivity contribution is -0.369. The first-order valence-electron chi connectivity index (χ1n) is 29.9. The van der Waals surface area contributed by atoms with Crippen molar-refractivity contribution in [2.45, 2.75) is 253 Å². The fraction of sp³-hybridized carbons (Fsp3) is 0.850. The van der Waals surface area contributed by atoms with Crippen molar-refractivity contribution in [3.05, 3.63) is 11.6 Å². The molecule has 5 aliphatic carbocycles. The number of ether oxygens (including phenoxy) is 4. The van der Waals surface area contributed by atoms with E-state index in [9.17, 15) is 69.6 Å². The molecule has 4 saturated carbocycles. The van der Waals surface area contributed by atoms with Gasteiger partial charge in [-0.15, -0.1) is 0 Å². The highest BCUT2D eigenvalue weighted by Gasteiger charge is 2.71. The third-order valence-corrected chi connectivity index (χ3v) is 22.6. The van der Waals surface area contributed by atoms with E-state index >= 15 is 4.79 Å². The fourth-order valence-electron chi connectivity index (χ4n) is 16.2. The molecule has 2 saturated heterocycles. The van der Waals surface area contributed by atoms with Crippen LogP contribution in [0, 0.1) is 68.0 Å². The normalized spacial score (nSPS) is 42.8. The van der Waals surface area contributed by atoms with Gasteiger partial charge < -0.3 is 75.8 Å². The first-order chi connectivity index (χ1) is 38.0. The molecule has 0 aromatic carbocycles. The van der Waals surface area contributed by atoms with Crippen molar-refractivity contribution in [3.8, 4) is 0 Å². The number of hydrogen-bond donors (Lipinski definition) is 11. The molecule has 0 aromatic heterocycles. The Morgan fingerprint density at radius 2 is 1.10 bits per heavy atom. The van der Waals surface area contributed by atoms with Gasteiger partial charge in [-0.25, -0.2) is 14.4 Å². The average Bonchev–Trinajstić information content (AvgIpc) is 1.43. The number of aliphatic hydroxyl groups excluding tert-OH is 5. The second kappa shape index (κ2) is 24.0. The largest absolute Gasteiger partial charge is 0.480 e. The van der Waals surface area contributed by atoms with Crippen molar-refractivity contribution in [2.24, 2.45) is 68.0 Å². The maximum atomic E-state index is 15.4. The summed E-state index contributed by atoms with van der Waals surface area (Å²) in [6.45, 7) is 25.2. The van der Waals surface area contributed by atoms with Crippen LogP contribution in [0.1, 0.15) is 167 Å². The van der Waals surface area contributed by atoms with Crippen molar-refractivity contribution >= 4 is 41.4 Å². The zero-order valence-electron chi connectivity index (χ0n) is 50.2. The van der Waals surface area contributed by atoms with Gasteiger partial charge in [0, 0.05) is 11.3 Å². The average molecular weight is 1160 g/mol. The van der Waals surface area contributed by atoms with Gasteiger partial charge in [-0.1, -0.05) is 115 Å². The Hall–Kier alpha value is -4.13. The summed E-state index contributed by atoms with van der Waals surface area (Å²) in [5.41, 5.74) is -2.41. The summed E-state index contributed by atoms with van der Waals surface area (Å²) in [4.78, 5) is 94.2. The van der Waals surface area contributed by atoms with E-state index < -0.39 is 160 Å². The standard InChI is InChI=1S/C60H95N3O19/c1-14-27(4)35(49(72)73)61-47(70)43-39(66)38(65)42(69)52(80-43)82-45-41(68)40(67)44(48(71)62-36(50(74)75)28(5)15-2)81-53(45)79-34-18-19-58(11)33(55(34,7)8)17-20-60(13)46(58)32(64)25-30-31-26-57(10,22-21-56(31,9)23-24-59(30,60)12)54(78)63-37(51(76)77)29(6)16-3/h25,27-29,31,33-46,52-53,65-69H,14-24,26H2,1-13H3,(H,61,70)(H,62,71)(H,63,78)(H,72,73)(H,74,75)(H,76,77). The smallest absolute Gasteiger partial charge is 0.326 e. The molecule has 2 aliphatic heterocycles. The third-order valence-electron chi connectivity index (χ3n) is 22.6. The zero-order valence-corrected chi connectivity index (χ0v) is 50.2. The molecular weight excluding hydrogens is 1070 g/mol. The number of hydrogen-bond acceptors (Lipinski definition) is 16. The van der Waals surface area contributed by atoms with Crippen LogP contribution in [0.3, 0.4) is 0 Å². The van der Waals surface area contributed by atoms with Gasteiger partial charge >= 0.3 is 17.9 Å². The number of rotatable bonds is 19. The van der Waals surface area contributed by atoms with Gasteiger partial charge in [-0.2, -0.15) is 0 Å². The van der Waals surface area contributed by atoms with Crippen molar-refractivity contribution in [1.29, 1.82) is 0 Å². The molecule has 0 radical (unpaired) electrons. The highest BCUT2D eigenvalue weighted by Crippen LogP contribution is 2.75. The lowest BCUT2D eigenvalue weighted by Crippen LogP contribution is -2.69. The Morgan fingerprint density at radius 3 is 1.61 bits per heavy atom. The number of amides is 3. The summed E-state index contributed by atoms with van der Waals surface area (Å²) in [6.07, 6.45) is -12.5. The minimum absolute atomic E-state index is 0.0109. The van der Waals surface area contributed by atoms with Crippen LogP contribution in [0.4, 0.5) is 0 Å². The maximum absolute atomic E-state index is 15.4. The number of aliphatic hydroxyl groups is 5. The molecule has 6 fully saturated rings. The Labute approximate surface area is 481 Å². The van der Waals surface area contributed by atoms with Crippen LogP contribution < -0.4 is 16.0 Å². The SMILES string of the molecule is CCC(C)C(NC(=O)C1OC(OC2C(OC3CCC4(C)C(CCC5(C)C4C(=O)C=C4C6CC(C)(C(=O)NC(C(=O)O)C(C)CC)CCC6(C)CCC45C)C3(C)C)OC(C(=O)NC(C(=O)O)C(C)CC)C(O)C2O)C(O)C(O)C1O)C(=O)O. The van der Waals surface area contributed by atoms with E-state index in [4.69, 9.17) is 18.9 Å². The van der Waals surface area contributed by atoms with Gasteiger partial charge in [-0.05, 0) is 121 Å². The van der Waals surface area contributed by atoms with Gasteiger partial charge in [-0.3, -0.25) is 19.2 Å². The highest BCUT2D eigenvalue weighted by molar-refractivity contribution is 5.96. The van der Waals surface area contributed by atoms with Gasteiger partial charge in [0.2, 0.25) is 5.91 Å². The summed E-state index contributed by atoms with van der Waals surface area (Å²) in [5, 5.41) is 94.8. The maximum Gasteiger partial charge on any atom is 0.326 e. The number of nitrogens with one attached hydrogen (secondary N) is 3. The molecule has 22 heteroatoms. The minimum atomic E-state index is -2.14. The quantitative estimate of drug-likeness (QED) is 0.0819. The summed E-state index contributed by atoms with van der Waals surface area (Å²) >= 11 is 0. The minimum Gasteiger partial charge on any atom is -0.480 e. The van der Waals surface area contributed by atoms with E-state index in [1.165, 1.54) is 0 Å². The molecule has 0 aromatic rings. The number of carbonyl (C=O) groups is 7. The number of fused-ring (bicyclic) bond motifs is 7. The first kappa shape index (κ1) is 65.4. The Kier molecular flexibility index (Phi) is 19.1. The summed E-state index contributed by atoms with van der Waals surface area (Å²) in [5.74, 6) is -8.54. The number of carboxylic acids is 3. The summed E-state index contributed by atoms with van der Waals surface area (Å²) in [6, 6.07) is -3.90. The van der Waals surface area contributed by atoms with Gasteiger partial charge in [0.25, 0.3) is 11.8 Å². The van der Waals surface area contributed by atoms with E-state index in [1.807, 2.05) is 40.7 Å². The Bertz CT molecular complexity index is 2470.